The molecule has 0 radical (unpaired) electrons. The van der Waals surface area contributed by atoms with Crippen molar-refractivity contribution >= 4 is 33.8 Å². The minimum absolute atomic E-state index is 0.0698. The van der Waals surface area contributed by atoms with E-state index >= 15 is 0 Å². The molecule has 2 fully saturated rings. The average molecular weight is 461 g/mol. The van der Waals surface area contributed by atoms with Gasteiger partial charge in [0.2, 0.25) is 0 Å². The number of aromatic nitrogens is 5. The number of rotatable bonds is 4. The Hall–Kier alpha value is -3.62. The van der Waals surface area contributed by atoms with Crippen LogP contribution in [-0.2, 0) is 0 Å². The second-order valence-electron chi connectivity index (χ2n) is 9.61. The highest BCUT2D eigenvalue weighted by Gasteiger charge is 2.30. The summed E-state index contributed by atoms with van der Waals surface area (Å²) in [4.78, 5) is 54.3. The molecular formula is C25H28N6O3. The van der Waals surface area contributed by atoms with E-state index in [2.05, 4.69) is 19.9 Å². The van der Waals surface area contributed by atoms with Gasteiger partial charge in [-0.1, -0.05) is 19.3 Å². The van der Waals surface area contributed by atoms with Crippen molar-refractivity contribution in [3.05, 3.63) is 52.5 Å². The molecule has 1 aliphatic heterocycles. The van der Waals surface area contributed by atoms with Crippen molar-refractivity contribution < 1.29 is 9.59 Å². The SMILES string of the molecule is O=C(c1c[nH]c(C(=O)N2CCC[C@@H](n3c(=O)[nH]c4cnc5[nH]ccc5c43)C2)c1)C1CCCCC1. The quantitative estimate of drug-likeness (QED) is 0.402. The number of nitrogens with zero attached hydrogens (tertiary/aromatic N) is 3. The number of amides is 1. The van der Waals surface area contributed by atoms with Gasteiger partial charge in [-0.15, -0.1) is 0 Å². The average Bonchev–Trinajstić information content (AvgIpc) is 3.61. The van der Waals surface area contributed by atoms with Gasteiger partial charge < -0.3 is 19.9 Å². The maximum absolute atomic E-state index is 13.3. The third kappa shape index (κ3) is 3.46. The van der Waals surface area contributed by atoms with E-state index in [1.165, 1.54) is 6.42 Å². The van der Waals surface area contributed by atoms with Crippen LogP contribution in [0.3, 0.4) is 0 Å². The molecule has 1 saturated heterocycles. The molecule has 9 nitrogen and oxygen atoms in total. The van der Waals surface area contributed by atoms with Crippen LogP contribution in [0.25, 0.3) is 22.1 Å². The van der Waals surface area contributed by atoms with Crippen molar-refractivity contribution in [2.45, 2.75) is 51.0 Å². The van der Waals surface area contributed by atoms with Gasteiger partial charge in [0.1, 0.15) is 11.3 Å². The first-order valence-corrected chi connectivity index (χ1v) is 12.2. The zero-order chi connectivity index (χ0) is 23.2. The van der Waals surface area contributed by atoms with Crippen molar-refractivity contribution in [3.63, 3.8) is 0 Å². The summed E-state index contributed by atoms with van der Waals surface area (Å²) in [7, 11) is 0. The highest BCUT2D eigenvalue weighted by Crippen LogP contribution is 2.29. The molecule has 6 rings (SSSR count). The lowest BCUT2D eigenvalue weighted by Crippen LogP contribution is -2.42. The van der Waals surface area contributed by atoms with Crippen LogP contribution in [0.4, 0.5) is 0 Å². The summed E-state index contributed by atoms with van der Waals surface area (Å²) in [5.74, 6) is 0.0788. The number of imidazole rings is 1. The van der Waals surface area contributed by atoms with E-state index in [0.717, 1.165) is 55.1 Å². The van der Waals surface area contributed by atoms with Gasteiger partial charge in [-0.3, -0.25) is 14.2 Å². The van der Waals surface area contributed by atoms with E-state index in [0.29, 0.717) is 29.9 Å². The summed E-state index contributed by atoms with van der Waals surface area (Å²) in [5.41, 5.74) is 3.07. The molecular weight excluding hydrogens is 432 g/mol. The second kappa shape index (κ2) is 8.30. The number of aromatic amines is 3. The molecule has 1 atom stereocenters. The van der Waals surface area contributed by atoms with Gasteiger partial charge in [-0.05, 0) is 37.8 Å². The summed E-state index contributed by atoms with van der Waals surface area (Å²) in [6.07, 6.45) is 12.0. The van der Waals surface area contributed by atoms with Gasteiger partial charge >= 0.3 is 5.69 Å². The first kappa shape index (κ1) is 20.9. The maximum atomic E-state index is 13.3. The van der Waals surface area contributed by atoms with Gasteiger partial charge in [0.15, 0.2) is 5.78 Å². The first-order valence-electron chi connectivity index (χ1n) is 12.2. The van der Waals surface area contributed by atoms with Crippen molar-refractivity contribution in [3.8, 4) is 0 Å². The number of ketones is 1. The Morgan fingerprint density at radius 3 is 2.76 bits per heavy atom. The van der Waals surface area contributed by atoms with Gasteiger partial charge in [-0.25, -0.2) is 9.78 Å². The number of carbonyl (C=O) groups excluding carboxylic acids is 2. The molecule has 9 heteroatoms. The topological polar surface area (TPSA) is 120 Å². The molecule has 2 aliphatic rings. The number of likely N-dealkylation sites (tertiary alicyclic amines) is 1. The van der Waals surface area contributed by atoms with Crippen LogP contribution in [0.5, 0.6) is 0 Å². The van der Waals surface area contributed by atoms with Crippen LogP contribution in [0.15, 0.2) is 35.5 Å². The zero-order valence-electron chi connectivity index (χ0n) is 19.0. The Morgan fingerprint density at radius 1 is 1.06 bits per heavy atom. The fourth-order valence-electron chi connectivity index (χ4n) is 5.75. The molecule has 34 heavy (non-hydrogen) atoms. The highest BCUT2D eigenvalue weighted by atomic mass is 16.2. The molecule has 0 aromatic carbocycles. The maximum Gasteiger partial charge on any atom is 0.326 e. The first-order chi connectivity index (χ1) is 16.6. The van der Waals surface area contributed by atoms with Crippen LogP contribution in [0.2, 0.25) is 0 Å². The molecule has 1 aliphatic carbocycles. The Labute approximate surface area is 195 Å². The summed E-state index contributed by atoms with van der Waals surface area (Å²) in [5, 5.41) is 0.884. The molecule has 0 unspecified atom stereocenters. The standard InChI is InChI=1S/C25H28N6O3/c32-22(15-5-2-1-3-6-15)16-11-19(27-12-16)24(33)30-10-4-7-17(14-30)31-21-18-8-9-26-23(18)28-13-20(21)29-25(31)34/h8-9,11-13,15,17,27H,1-7,10,14H2,(H,26,28)(H,29,34)/t17-/m1/s1. The van der Waals surface area contributed by atoms with E-state index in [1.54, 1.807) is 27.9 Å². The monoisotopic (exact) mass is 460 g/mol. The molecule has 1 saturated carbocycles. The Morgan fingerprint density at radius 2 is 1.91 bits per heavy atom. The highest BCUT2D eigenvalue weighted by molar-refractivity contribution is 6.02. The fourth-order valence-corrected chi connectivity index (χ4v) is 5.75. The summed E-state index contributed by atoms with van der Waals surface area (Å²) < 4.78 is 1.78. The molecule has 5 heterocycles. The van der Waals surface area contributed by atoms with E-state index < -0.39 is 0 Å². The minimum atomic E-state index is -0.190. The third-order valence-corrected chi connectivity index (χ3v) is 7.48. The lowest BCUT2D eigenvalue weighted by atomic mass is 9.84. The number of Topliss-reactive ketones (excluding diaryl/α,β-unsaturated/α-hetero) is 1. The third-order valence-electron chi connectivity index (χ3n) is 7.48. The van der Waals surface area contributed by atoms with Gasteiger partial charge in [0.05, 0.1) is 23.3 Å². The summed E-state index contributed by atoms with van der Waals surface area (Å²) in [6.45, 7) is 1.06. The number of pyridine rings is 1. The second-order valence-corrected chi connectivity index (χ2v) is 9.61. The van der Waals surface area contributed by atoms with Crippen molar-refractivity contribution in [2.24, 2.45) is 5.92 Å². The van der Waals surface area contributed by atoms with Crippen LogP contribution in [-0.4, -0.2) is 54.2 Å². The molecule has 4 aromatic heterocycles. The van der Waals surface area contributed by atoms with Crippen molar-refractivity contribution in [2.75, 3.05) is 13.1 Å². The van der Waals surface area contributed by atoms with Gasteiger partial charge in [0, 0.05) is 42.4 Å². The smallest absolute Gasteiger partial charge is 0.326 e. The van der Waals surface area contributed by atoms with E-state index in [4.69, 9.17) is 0 Å². The van der Waals surface area contributed by atoms with Crippen molar-refractivity contribution in [1.82, 2.24) is 29.4 Å². The summed E-state index contributed by atoms with van der Waals surface area (Å²) >= 11 is 0. The number of nitrogens with one attached hydrogen (secondary N) is 3. The van der Waals surface area contributed by atoms with E-state index in [-0.39, 0.29) is 29.3 Å². The van der Waals surface area contributed by atoms with Gasteiger partial charge in [-0.2, -0.15) is 0 Å². The zero-order valence-corrected chi connectivity index (χ0v) is 19.0. The van der Waals surface area contributed by atoms with Crippen LogP contribution in [0, 0.1) is 5.92 Å². The molecule has 1 amide bonds. The number of piperidine rings is 1. The lowest BCUT2D eigenvalue weighted by molar-refractivity contribution is 0.0674. The predicted molar refractivity (Wildman–Crippen MR) is 128 cm³/mol. The van der Waals surface area contributed by atoms with Crippen LogP contribution >= 0.6 is 0 Å². The van der Waals surface area contributed by atoms with Crippen LogP contribution in [0.1, 0.15) is 71.8 Å². The van der Waals surface area contributed by atoms with Crippen molar-refractivity contribution in [1.29, 1.82) is 0 Å². The Balaban J connectivity index is 1.25. The number of fused-ring (bicyclic) bond motifs is 3. The Bertz CT molecular complexity index is 1430. The lowest BCUT2D eigenvalue weighted by Gasteiger charge is -2.33. The van der Waals surface area contributed by atoms with Crippen LogP contribution < -0.4 is 5.69 Å². The normalized spacial score (nSPS) is 19.8. The molecule has 0 bridgehead atoms. The van der Waals surface area contributed by atoms with E-state index in [1.807, 2.05) is 12.3 Å². The minimum Gasteiger partial charge on any atom is -0.356 e. The molecule has 3 N–H and O–H groups in total. The molecule has 176 valence electrons. The Kier molecular flexibility index (Phi) is 5.12. The number of hydrogen-bond donors (Lipinski definition) is 3. The summed E-state index contributed by atoms with van der Waals surface area (Å²) in [6, 6.07) is 3.48. The number of carbonyl (C=O) groups is 2. The molecule has 0 spiro atoms. The number of hydrogen-bond acceptors (Lipinski definition) is 4. The predicted octanol–water partition coefficient (Wildman–Crippen LogP) is 3.77. The molecule has 4 aromatic rings. The number of H-pyrrole nitrogens is 3. The largest absolute Gasteiger partial charge is 0.356 e. The van der Waals surface area contributed by atoms with Gasteiger partial charge in [0.25, 0.3) is 5.91 Å². The van der Waals surface area contributed by atoms with E-state index in [9.17, 15) is 14.4 Å². The fraction of sp³-hybridized carbons (Fsp3) is 0.440.